The van der Waals surface area contributed by atoms with Gasteiger partial charge in [0.25, 0.3) is 0 Å². The van der Waals surface area contributed by atoms with E-state index in [0.29, 0.717) is 11.8 Å². The highest BCUT2D eigenvalue weighted by Gasteiger charge is 2.28. The lowest BCUT2D eigenvalue weighted by molar-refractivity contribution is 0.361. The monoisotopic (exact) mass is 182 g/mol. The van der Waals surface area contributed by atoms with E-state index in [0.717, 1.165) is 11.7 Å². The summed E-state index contributed by atoms with van der Waals surface area (Å²) in [7, 11) is 0. The van der Waals surface area contributed by atoms with Crippen LogP contribution in [0, 0.1) is 0 Å². The minimum atomic E-state index is 0.356. The molecule has 0 aliphatic heterocycles. The molecule has 0 bridgehead atoms. The number of hydrogen-bond donors (Lipinski definition) is 0. The minimum Gasteiger partial charge on any atom is -0.339 e. The van der Waals surface area contributed by atoms with Gasteiger partial charge in [-0.15, -0.1) is 0 Å². The maximum atomic E-state index is 5.07. The molecular formula is C10H18N2O. The van der Waals surface area contributed by atoms with Crippen molar-refractivity contribution in [3.05, 3.63) is 11.7 Å². The Morgan fingerprint density at radius 2 is 1.92 bits per heavy atom. The quantitative estimate of drug-likeness (QED) is 0.705. The van der Waals surface area contributed by atoms with Crippen LogP contribution in [0.15, 0.2) is 4.52 Å². The molecule has 1 aliphatic carbocycles. The number of nitrogens with zero attached hydrogens (tertiary/aromatic N) is 2. The molecule has 1 heterocycles. The van der Waals surface area contributed by atoms with Crippen molar-refractivity contribution in [1.82, 2.24) is 10.1 Å². The maximum absolute atomic E-state index is 5.07. The van der Waals surface area contributed by atoms with Gasteiger partial charge in [0.2, 0.25) is 5.89 Å². The number of hydrogen-bond acceptors (Lipinski definition) is 3. The third kappa shape index (κ3) is 2.54. The third-order valence-electron chi connectivity index (χ3n) is 1.89. The Labute approximate surface area is 79.5 Å². The summed E-state index contributed by atoms with van der Waals surface area (Å²) in [5, 5.41) is 3.91. The Balaban J connectivity index is 0.000000396. The molecule has 3 nitrogen and oxygen atoms in total. The first-order valence-corrected chi connectivity index (χ1v) is 5.11. The number of rotatable bonds is 2. The Morgan fingerprint density at radius 1 is 1.31 bits per heavy atom. The first kappa shape index (κ1) is 10.2. The Bertz CT molecular complexity index is 235. The minimum absolute atomic E-state index is 0.356. The number of aromatic nitrogens is 2. The van der Waals surface area contributed by atoms with E-state index in [4.69, 9.17) is 4.52 Å². The van der Waals surface area contributed by atoms with E-state index in [-0.39, 0.29) is 0 Å². The van der Waals surface area contributed by atoms with Crippen molar-refractivity contribution < 1.29 is 4.52 Å². The van der Waals surface area contributed by atoms with Crippen LogP contribution in [0.3, 0.4) is 0 Å². The molecule has 0 unspecified atom stereocenters. The molecule has 3 heteroatoms. The molecule has 74 valence electrons. The molecular weight excluding hydrogens is 164 g/mol. The first-order chi connectivity index (χ1) is 6.27. The van der Waals surface area contributed by atoms with E-state index in [2.05, 4.69) is 24.0 Å². The molecule has 1 fully saturated rings. The highest BCUT2D eigenvalue weighted by molar-refractivity contribution is 5.04. The lowest BCUT2D eigenvalue weighted by Crippen LogP contribution is -1.87. The van der Waals surface area contributed by atoms with Crippen molar-refractivity contribution in [3.63, 3.8) is 0 Å². The van der Waals surface area contributed by atoms with Crippen LogP contribution in [0.4, 0.5) is 0 Å². The molecule has 0 atom stereocenters. The maximum Gasteiger partial charge on any atom is 0.229 e. The van der Waals surface area contributed by atoms with E-state index in [9.17, 15) is 0 Å². The van der Waals surface area contributed by atoms with Crippen molar-refractivity contribution in [3.8, 4) is 0 Å². The molecule has 0 N–H and O–H groups in total. The van der Waals surface area contributed by atoms with E-state index in [1.807, 2.05) is 13.8 Å². The van der Waals surface area contributed by atoms with Crippen molar-refractivity contribution in [2.75, 3.05) is 0 Å². The topological polar surface area (TPSA) is 38.9 Å². The van der Waals surface area contributed by atoms with Crippen LogP contribution in [0.5, 0.6) is 0 Å². The van der Waals surface area contributed by atoms with Crippen LogP contribution in [0.1, 0.15) is 64.1 Å². The summed E-state index contributed by atoms with van der Waals surface area (Å²) in [6.07, 6.45) is 2.47. The first-order valence-electron chi connectivity index (χ1n) is 5.11. The van der Waals surface area contributed by atoms with Gasteiger partial charge >= 0.3 is 0 Å². The molecule has 13 heavy (non-hydrogen) atoms. The average molecular weight is 182 g/mol. The third-order valence-corrected chi connectivity index (χ3v) is 1.89. The summed E-state index contributed by atoms with van der Waals surface area (Å²) in [5.74, 6) is 2.64. The summed E-state index contributed by atoms with van der Waals surface area (Å²) < 4.78 is 5.07. The van der Waals surface area contributed by atoms with Crippen LogP contribution in [-0.4, -0.2) is 10.1 Å². The molecule has 1 aromatic heterocycles. The van der Waals surface area contributed by atoms with Gasteiger partial charge in [-0.2, -0.15) is 4.98 Å². The van der Waals surface area contributed by atoms with Crippen LogP contribution in [0.25, 0.3) is 0 Å². The Morgan fingerprint density at radius 3 is 2.31 bits per heavy atom. The Kier molecular flexibility index (Phi) is 3.46. The zero-order valence-corrected chi connectivity index (χ0v) is 8.87. The molecule has 1 saturated carbocycles. The molecule has 2 rings (SSSR count). The van der Waals surface area contributed by atoms with Gasteiger partial charge in [-0.1, -0.05) is 32.9 Å². The molecule has 1 aliphatic rings. The smallest absolute Gasteiger partial charge is 0.229 e. The molecule has 0 radical (unpaired) electrons. The van der Waals surface area contributed by atoms with Crippen molar-refractivity contribution in [1.29, 1.82) is 0 Å². The summed E-state index contributed by atoms with van der Waals surface area (Å²) >= 11 is 0. The second-order valence-corrected chi connectivity index (χ2v) is 3.42. The predicted molar refractivity (Wildman–Crippen MR) is 51.7 cm³/mol. The van der Waals surface area contributed by atoms with E-state index < -0.39 is 0 Å². The fraction of sp³-hybridized carbons (Fsp3) is 0.800. The van der Waals surface area contributed by atoms with Crippen LogP contribution >= 0.6 is 0 Å². The van der Waals surface area contributed by atoms with Crippen molar-refractivity contribution >= 4 is 0 Å². The lowest BCUT2D eigenvalue weighted by atomic mass is 10.2. The fourth-order valence-corrected chi connectivity index (χ4v) is 0.989. The van der Waals surface area contributed by atoms with E-state index >= 15 is 0 Å². The van der Waals surface area contributed by atoms with Crippen LogP contribution in [0.2, 0.25) is 0 Å². The SMILES string of the molecule is CC.CC(C)c1nc(C2CC2)no1. The zero-order chi connectivity index (χ0) is 9.84. The summed E-state index contributed by atoms with van der Waals surface area (Å²) in [5.41, 5.74) is 0. The van der Waals surface area contributed by atoms with Gasteiger partial charge in [-0.3, -0.25) is 0 Å². The predicted octanol–water partition coefficient (Wildman–Crippen LogP) is 3.10. The molecule has 0 amide bonds. The summed E-state index contributed by atoms with van der Waals surface area (Å²) in [4.78, 5) is 4.29. The highest BCUT2D eigenvalue weighted by atomic mass is 16.5. The van der Waals surface area contributed by atoms with Crippen LogP contribution in [-0.2, 0) is 0 Å². The highest BCUT2D eigenvalue weighted by Crippen LogP contribution is 2.38. The Hall–Kier alpha value is -0.860. The van der Waals surface area contributed by atoms with E-state index in [1.54, 1.807) is 0 Å². The standard InChI is InChI=1S/C8H12N2O.C2H6/c1-5(2)8-9-7(10-11-8)6-3-4-6;1-2/h5-6H,3-4H2,1-2H3;1-2H3. The summed E-state index contributed by atoms with van der Waals surface area (Å²) in [6.45, 7) is 8.12. The normalized spacial score (nSPS) is 15.5. The molecule has 0 saturated heterocycles. The van der Waals surface area contributed by atoms with Crippen molar-refractivity contribution in [2.24, 2.45) is 0 Å². The molecule has 0 aromatic carbocycles. The average Bonchev–Trinajstić information content (AvgIpc) is 2.87. The van der Waals surface area contributed by atoms with E-state index in [1.165, 1.54) is 12.8 Å². The van der Waals surface area contributed by atoms with Crippen molar-refractivity contribution in [2.45, 2.75) is 52.4 Å². The van der Waals surface area contributed by atoms with Gasteiger partial charge in [-0.05, 0) is 12.8 Å². The zero-order valence-electron chi connectivity index (χ0n) is 8.87. The molecule has 1 aromatic rings. The fourth-order valence-electron chi connectivity index (χ4n) is 0.989. The summed E-state index contributed by atoms with van der Waals surface area (Å²) in [6, 6.07) is 0. The van der Waals surface area contributed by atoms with Gasteiger partial charge in [-0.25, -0.2) is 0 Å². The van der Waals surface area contributed by atoms with Gasteiger partial charge in [0, 0.05) is 11.8 Å². The van der Waals surface area contributed by atoms with Gasteiger partial charge in [0.05, 0.1) is 0 Å². The second kappa shape index (κ2) is 4.40. The largest absolute Gasteiger partial charge is 0.339 e. The lowest BCUT2D eigenvalue weighted by Gasteiger charge is -1.91. The van der Waals surface area contributed by atoms with Gasteiger partial charge in [0.1, 0.15) is 0 Å². The molecule has 0 spiro atoms. The van der Waals surface area contributed by atoms with Gasteiger partial charge < -0.3 is 4.52 Å². The van der Waals surface area contributed by atoms with Gasteiger partial charge in [0.15, 0.2) is 5.82 Å². The van der Waals surface area contributed by atoms with Crippen LogP contribution < -0.4 is 0 Å². The second-order valence-electron chi connectivity index (χ2n) is 3.42.